The van der Waals surface area contributed by atoms with Crippen LogP contribution in [0.1, 0.15) is 45.2 Å². The molecule has 0 radical (unpaired) electrons. The van der Waals surface area contributed by atoms with E-state index in [1.54, 1.807) is 7.11 Å². The third kappa shape index (κ3) is 2.30. The second-order valence-corrected chi connectivity index (χ2v) is 5.96. The Morgan fingerprint density at radius 1 is 1.35 bits per heavy atom. The molecular weight excluding hydrogens is 250 g/mol. The number of hydrogen-bond donors (Lipinski definition) is 0. The largest absolute Gasteiger partial charge is 0.495 e. The van der Waals surface area contributed by atoms with Crippen molar-refractivity contribution in [3.8, 4) is 5.75 Å². The molecular formula is C17H25NO2. The number of fused-ring (bicyclic) bond motifs is 1. The first-order valence-corrected chi connectivity index (χ1v) is 7.73. The average Bonchev–Trinajstić information content (AvgIpc) is 2.91. The zero-order valence-electron chi connectivity index (χ0n) is 12.4. The number of ether oxygens (including phenoxy) is 1. The van der Waals surface area contributed by atoms with Gasteiger partial charge in [-0.25, -0.2) is 0 Å². The second kappa shape index (κ2) is 5.47. The van der Waals surface area contributed by atoms with Gasteiger partial charge >= 0.3 is 0 Å². The Hall–Kier alpha value is -1.51. The number of anilines is 1. The molecule has 1 saturated heterocycles. The molecule has 0 aromatic heterocycles. The quantitative estimate of drug-likeness (QED) is 0.843. The first-order chi connectivity index (χ1) is 9.72. The molecule has 3 rings (SSSR count). The summed E-state index contributed by atoms with van der Waals surface area (Å²) in [5.41, 5.74) is 3.80. The van der Waals surface area contributed by atoms with Crippen LogP contribution in [-0.2, 0) is 17.6 Å². The Kier molecular flexibility index (Phi) is 3.68. The zero-order chi connectivity index (χ0) is 14.1. The van der Waals surface area contributed by atoms with Gasteiger partial charge in [-0.1, -0.05) is 13.3 Å². The van der Waals surface area contributed by atoms with Crippen LogP contribution in [-0.4, -0.2) is 19.6 Å². The van der Waals surface area contributed by atoms with Gasteiger partial charge in [0, 0.05) is 14.4 Å². The van der Waals surface area contributed by atoms with E-state index in [2.05, 4.69) is 19.1 Å². The Labute approximate surface area is 122 Å². The van der Waals surface area contributed by atoms with Gasteiger partial charge in [0.25, 0.3) is 0 Å². The molecule has 0 N–H and O–H groups in total. The monoisotopic (exact) mass is 275 g/mol. The molecule has 0 spiro atoms. The molecule has 1 heterocycles. The number of carbonyl (C=O) groups excluding carboxylic acids is 1. The van der Waals surface area contributed by atoms with Crippen molar-refractivity contribution in [3.63, 3.8) is 0 Å². The maximum atomic E-state index is 12.0. The van der Waals surface area contributed by atoms with Crippen LogP contribution in [0.15, 0.2) is 12.1 Å². The highest BCUT2D eigenvalue weighted by atomic mass is 16.5. The summed E-state index contributed by atoms with van der Waals surface area (Å²) in [4.78, 5) is 13.9. The Morgan fingerprint density at radius 3 is 2.85 bits per heavy atom. The molecule has 20 heavy (non-hydrogen) atoms. The number of nitrogens with zero attached hydrogens (tertiary/aromatic N) is 1. The summed E-state index contributed by atoms with van der Waals surface area (Å²) in [6.45, 7) is 3.09. The summed E-state index contributed by atoms with van der Waals surface area (Å²) in [5.74, 6) is 1.87. The van der Waals surface area contributed by atoms with Gasteiger partial charge in [-0.2, -0.15) is 0 Å². The van der Waals surface area contributed by atoms with E-state index in [-0.39, 0.29) is 7.33 Å². The molecule has 1 aliphatic carbocycles. The van der Waals surface area contributed by atoms with Crippen molar-refractivity contribution < 1.29 is 11.0 Å². The number of carbonyl (C=O) groups is 1. The van der Waals surface area contributed by atoms with Crippen molar-refractivity contribution >= 4 is 11.6 Å². The molecule has 1 aliphatic heterocycles. The van der Waals surface area contributed by atoms with Crippen molar-refractivity contribution in [2.45, 2.75) is 45.4 Å². The van der Waals surface area contributed by atoms with Crippen LogP contribution in [0.2, 0.25) is 0 Å². The summed E-state index contributed by atoms with van der Waals surface area (Å²) in [6, 6.07) is 4.36. The highest BCUT2D eigenvalue weighted by Crippen LogP contribution is 2.38. The maximum Gasteiger partial charge on any atom is 0.227 e. The first kappa shape index (κ1) is 13.5. The van der Waals surface area contributed by atoms with Crippen LogP contribution in [0.3, 0.4) is 0 Å². The van der Waals surface area contributed by atoms with Gasteiger partial charge in [-0.15, -0.1) is 0 Å². The molecule has 1 atom stereocenters. The molecule has 110 valence electrons. The minimum Gasteiger partial charge on any atom is -0.495 e. The highest BCUT2D eigenvalue weighted by Gasteiger charge is 2.27. The van der Waals surface area contributed by atoms with E-state index in [0.717, 1.165) is 43.2 Å². The molecule has 2 aliphatic rings. The van der Waals surface area contributed by atoms with Crippen molar-refractivity contribution in [2.75, 3.05) is 18.6 Å². The molecule has 1 aromatic carbocycles. The Balaban J connectivity index is 0.00000161. The van der Waals surface area contributed by atoms with E-state index in [9.17, 15) is 4.79 Å². The lowest BCUT2D eigenvalue weighted by atomic mass is 9.82. The molecule has 1 unspecified atom stereocenters. The van der Waals surface area contributed by atoms with Gasteiger partial charge in [0.15, 0.2) is 0 Å². The van der Waals surface area contributed by atoms with Gasteiger partial charge < -0.3 is 9.64 Å². The fourth-order valence-electron chi connectivity index (χ4n) is 3.47. The topological polar surface area (TPSA) is 29.5 Å². The number of aryl methyl sites for hydroxylation is 1. The van der Waals surface area contributed by atoms with E-state index >= 15 is 0 Å². The van der Waals surface area contributed by atoms with Gasteiger partial charge in [-0.3, -0.25) is 4.79 Å². The van der Waals surface area contributed by atoms with Crippen LogP contribution in [0.5, 0.6) is 5.75 Å². The molecule has 1 aromatic rings. The molecule has 3 heteroatoms. The number of rotatable bonds is 3. The third-order valence-electron chi connectivity index (χ3n) is 4.77. The maximum absolute atomic E-state index is 12.0. The predicted molar refractivity (Wildman–Crippen MR) is 82.5 cm³/mol. The van der Waals surface area contributed by atoms with Gasteiger partial charge in [0.1, 0.15) is 5.75 Å². The molecule has 0 saturated carbocycles. The predicted octanol–water partition coefficient (Wildman–Crippen LogP) is 3.58. The summed E-state index contributed by atoms with van der Waals surface area (Å²) in [7, 11) is 1.70. The SMILES string of the molecule is CCC1CCc2cc(OC)c(N3CCCC3=O)cc2C1.[HH]. The smallest absolute Gasteiger partial charge is 0.227 e. The van der Waals surface area contributed by atoms with E-state index in [1.807, 2.05) is 4.90 Å². The normalized spacial score (nSPS) is 22.0. The zero-order valence-corrected chi connectivity index (χ0v) is 12.4. The third-order valence-corrected chi connectivity index (χ3v) is 4.77. The Bertz CT molecular complexity index is 530. The van der Waals surface area contributed by atoms with Crippen LogP contribution >= 0.6 is 0 Å². The standard InChI is InChI=1S/C17H23NO2.H2/c1-3-12-6-7-13-11-16(20-2)15(10-14(13)9-12)18-8-4-5-17(18)19;/h10-12H,3-9H2,1-2H3;1H. The number of amides is 1. The van der Waals surface area contributed by atoms with E-state index in [0.29, 0.717) is 6.42 Å². The lowest BCUT2D eigenvalue weighted by Gasteiger charge is -2.27. The second-order valence-electron chi connectivity index (χ2n) is 5.96. The number of methoxy groups -OCH3 is 1. The minimum atomic E-state index is 0. The lowest BCUT2D eigenvalue weighted by molar-refractivity contribution is -0.117. The number of benzene rings is 1. The first-order valence-electron chi connectivity index (χ1n) is 7.73. The summed E-state index contributed by atoms with van der Waals surface area (Å²) in [6.07, 6.45) is 6.41. The molecule has 1 amide bonds. The van der Waals surface area contributed by atoms with Crippen molar-refractivity contribution in [1.29, 1.82) is 0 Å². The van der Waals surface area contributed by atoms with Crippen molar-refractivity contribution in [3.05, 3.63) is 23.3 Å². The van der Waals surface area contributed by atoms with E-state index < -0.39 is 0 Å². The fraction of sp³-hybridized carbons (Fsp3) is 0.588. The molecule has 1 fully saturated rings. The van der Waals surface area contributed by atoms with Gasteiger partial charge in [-0.05, 0) is 54.9 Å². The van der Waals surface area contributed by atoms with Crippen LogP contribution in [0, 0.1) is 5.92 Å². The van der Waals surface area contributed by atoms with Crippen molar-refractivity contribution in [2.24, 2.45) is 5.92 Å². The lowest BCUT2D eigenvalue weighted by Crippen LogP contribution is -2.25. The summed E-state index contributed by atoms with van der Waals surface area (Å²) < 4.78 is 5.53. The van der Waals surface area contributed by atoms with E-state index in [1.165, 1.54) is 24.0 Å². The van der Waals surface area contributed by atoms with Crippen LogP contribution < -0.4 is 9.64 Å². The summed E-state index contributed by atoms with van der Waals surface area (Å²) >= 11 is 0. The minimum absolute atomic E-state index is 0. The van der Waals surface area contributed by atoms with E-state index in [4.69, 9.17) is 4.74 Å². The van der Waals surface area contributed by atoms with Crippen LogP contribution in [0.4, 0.5) is 5.69 Å². The average molecular weight is 275 g/mol. The summed E-state index contributed by atoms with van der Waals surface area (Å²) in [5, 5.41) is 0. The van der Waals surface area contributed by atoms with Gasteiger partial charge in [0.2, 0.25) is 5.91 Å². The molecule has 0 bridgehead atoms. The molecule has 3 nitrogen and oxygen atoms in total. The fourth-order valence-corrected chi connectivity index (χ4v) is 3.47. The van der Waals surface area contributed by atoms with Crippen molar-refractivity contribution in [1.82, 2.24) is 0 Å². The van der Waals surface area contributed by atoms with Crippen LogP contribution in [0.25, 0.3) is 0 Å². The highest BCUT2D eigenvalue weighted by molar-refractivity contribution is 5.97. The number of hydrogen-bond acceptors (Lipinski definition) is 2. The van der Waals surface area contributed by atoms with Gasteiger partial charge in [0.05, 0.1) is 12.8 Å². The Morgan fingerprint density at radius 2 is 2.20 bits per heavy atom.